The van der Waals surface area contributed by atoms with E-state index in [1.807, 2.05) is 58.0 Å². The first kappa shape index (κ1) is 37.9. The quantitative estimate of drug-likeness (QED) is 0.178. The molecule has 1 heterocycles. The molecule has 3 aliphatic rings. The highest BCUT2D eigenvalue weighted by molar-refractivity contribution is 6.37. The number of nitrogens with zero attached hydrogens (tertiary/aromatic N) is 1. The Bertz CT molecular complexity index is 1360. The number of amides is 6. The molecule has 270 valence electrons. The van der Waals surface area contributed by atoms with E-state index in [1.165, 1.54) is 4.90 Å². The number of nitrogens with one attached hydrogen (secondary N) is 4. The summed E-state index contributed by atoms with van der Waals surface area (Å²) in [4.78, 5) is 81.6. The third kappa shape index (κ3) is 9.39. The Kier molecular flexibility index (Phi) is 12.8. The zero-order valence-corrected chi connectivity index (χ0v) is 29.8. The number of urea groups is 1. The zero-order chi connectivity index (χ0) is 35.9. The van der Waals surface area contributed by atoms with Gasteiger partial charge < -0.3 is 31.9 Å². The number of ketones is 1. The maximum Gasteiger partial charge on any atom is 0.316 e. The van der Waals surface area contributed by atoms with Crippen molar-refractivity contribution in [1.82, 2.24) is 26.2 Å². The van der Waals surface area contributed by atoms with E-state index >= 15 is 0 Å². The van der Waals surface area contributed by atoms with Gasteiger partial charge in [0.1, 0.15) is 17.6 Å². The third-order valence-corrected chi connectivity index (χ3v) is 11.2. The topological polar surface area (TPSA) is 180 Å². The lowest BCUT2D eigenvalue weighted by Crippen LogP contribution is -2.66. The highest BCUT2D eigenvalue weighted by Gasteiger charge is 2.49. The molecule has 1 saturated heterocycles. The number of primary amides is 1. The number of benzene rings is 1. The summed E-state index contributed by atoms with van der Waals surface area (Å²) in [5.74, 6) is -3.19. The predicted molar refractivity (Wildman–Crippen MR) is 185 cm³/mol. The van der Waals surface area contributed by atoms with Gasteiger partial charge in [0.2, 0.25) is 23.5 Å². The molecule has 6 amide bonds. The van der Waals surface area contributed by atoms with Crippen LogP contribution in [0.3, 0.4) is 0 Å². The van der Waals surface area contributed by atoms with Crippen LogP contribution >= 0.6 is 0 Å². The second-order valence-corrected chi connectivity index (χ2v) is 15.2. The van der Waals surface area contributed by atoms with E-state index in [4.69, 9.17) is 5.73 Å². The van der Waals surface area contributed by atoms with Crippen LogP contribution in [0.15, 0.2) is 30.3 Å². The minimum Gasteiger partial charge on any atom is -0.363 e. The summed E-state index contributed by atoms with van der Waals surface area (Å²) in [6, 6.07) is 6.19. The van der Waals surface area contributed by atoms with Crippen LogP contribution in [0.5, 0.6) is 0 Å². The Balaban J connectivity index is 1.50. The van der Waals surface area contributed by atoms with E-state index in [9.17, 15) is 28.8 Å². The van der Waals surface area contributed by atoms with Crippen LogP contribution in [0.2, 0.25) is 0 Å². The monoisotopic (exact) mass is 680 g/mol. The number of hydrogen-bond acceptors (Lipinski definition) is 6. The molecule has 5 atom stereocenters. The van der Waals surface area contributed by atoms with Gasteiger partial charge in [0.05, 0.1) is 6.04 Å². The average molecular weight is 681 g/mol. The molecule has 1 aromatic rings. The highest BCUT2D eigenvalue weighted by atomic mass is 16.2. The fraction of sp³-hybridized carbons (Fsp3) is 0.676. The summed E-state index contributed by atoms with van der Waals surface area (Å²) in [6.45, 7) is 9.98. The van der Waals surface area contributed by atoms with Gasteiger partial charge in [-0.3, -0.25) is 24.0 Å². The van der Waals surface area contributed by atoms with Crippen molar-refractivity contribution in [3.63, 3.8) is 0 Å². The molecule has 12 nitrogen and oxygen atoms in total. The molecule has 6 N–H and O–H groups in total. The van der Waals surface area contributed by atoms with Crippen molar-refractivity contribution >= 4 is 35.4 Å². The SMILES string of the molecule is CC(C)[C@@H]1C[C@@H](C(=O)NC(CC2CCC2)C(=O)C(N)=O)N(C(=O)C(C)(NC(=O)N[C@H](C(=O)NCc2ccccc2)C2CCCC2)C(C)C)C1. The standard InChI is InChI=1S/C37H56N6O6/c1-22(2)27-19-29(33(46)40-28(31(44)32(38)45)18-24-14-11-15-24)43(21-27)35(48)37(5,23(3)4)42-36(49)41-30(26-16-9-10-17-26)34(47)39-20-25-12-7-6-8-13-25/h6-8,12-13,22-24,26-30H,9-11,14-21H2,1-5H3,(H2,38,45)(H,39,47)(H,40,46)(H2,41,42,49)/t27-,28?,29+,30+,37?/m1/s1. The lowest BCUT2D eigenvalue weighted by atomic mass is 9.80. The summed E-state index contributed by atoms with van der Waals surface area (Å²) in [7, 11) is 0. The van der Waals surface area contributed by atoms with Crippen molar-refractivity contribution in [2.75, 3.05) is 6.54 Å². The van der Waals surface area contributed by atoms with Gasteiger partial charge in [0, 0.05) is 13.1 Å². The van der Waals surface area contributed by atoms with Gasteiger partial charge in [-0.15, -0.1) is 0 Å². The van der Waals surface area contributed by atoms with Crippen molar-refractivity contribution in [2.45, 2.75) is 123 Å². The van der Waals surface area contributed by atoms with Crippen LogP contribution in [0.25, 0.3) is 0 Å². The molecule has 3 fully saturated rings. The molecule has 1 aromatic carbocycles. The summed E-state index contributed by atoms with van der Waals surface area (Å²) in [5.41, 5.74) is 4.85. The number of nitrogens with two attached hydrogens (primary N) is 1. The van der Waals surface area contributed by atoms with E-state index in [0.717, 1.165) is 50.5 Å². The van der Waals surface area contributed by atoms with E-state index < -0.39 is 53.2 Å². The van der Waals surface area contributed by atoms with Gasteiger partial charge in [0.15, 0.2) is 0 Å². The lowest BCUT2D eigenvalue weighted by Gasteiger charge is -2.39. The molecule has 2 unspecified atom stereocenters. The van der Waals surface area contributed by atoms with Crippen molar-refractivity contribution in [2.24, 2.45) is 35.3 Å². The third-order valence-electron chi connectivity index (χ3n) is 11.2. The van der Waals surface area contributed by atoms with E-state index in [-0.39, 0.29) is 35.5 Å². The lowest BCUT2D eigenvalue weighted by molar-refractivity contribution is -0.145. The second-order valence-electron chi connectivity index (χ2n) is 15.2. The molecule has 0 aromatic heterocycles. The van der Waals surface area contributed by atoms with Crippen molar-refractivity contribution in [3.05, 3.63) is 35.9 Å². The van der Waals surface area contributed by atoms with Crippen LogP contribution < -0.4 is 27.0 Å². The molecule has 4 rings (SSSR count). The van der Waals surface area contributed by atoms with Crippen LogP contribution in [0.1, 0.15) is 98.0 Å². The Morgan fingerprint density at radius 3 is 2.10 bits per heavy atom. The van der Waals surface area contributed by atoms with E-state index in [2.05, 4.69) is 21.3 Å². The minimum absolute atomic E-state index is 0.00178. The predicted octanol–water partition coefficient (Wildman–Crippen LogP) is 3.18. The number of rotatable bonds is 15. The molecule has 12 heteroatoms. The first-order valence-electron chi connectivity index (χ1n) is 18.1. The summed E-state index contributed by atoms with van der Waals surface area (Å²) in [5, 5.41) is 11.5. The number of carbonyl (C=O) groups excluding carboxylic acids is 6. The smallest absolute Gasteiger partial charge is 0.316 e. The molecule has 0 bridgehead atoms. The van der Waals surface area contributed by atoms with Crippen LogP contribution in [0.4, 0.5) is 4.79 Å². The van der Waals surface area contributed by atoms with E-state index in [0.29, 0.717) is 25.9 Å². The van der Waals surface area contributed by atoms with Crippen LogP contribution in [-0.2, 0) is 30.5 Å². The van der Waals surface area contributed by atoms with Crippen molar-refractivity contribution in [3.8, 4) is 0 Å². The van der Waals surface area contributed by atoms with Crippen LogP contribution in [0, 0.1) is 29.6 Å². The van der Waals surface area contributed by atoms with Crippen LogP contribution in [-0.4, -0.2) is 70.6 Å². The fourth-order valence-electron chi connectivity index (χ4n) is 7.30. The summed E-state index contributed by atoms with van der Waals surface area (Å²) < 4.78 is 0. The Labute approximate surface area is 290 Å². The molecule has 0 radical (unpaired) electrons. The molecule has 1 aliphatic heterocycles. The number of carbonyl (C=O) groups is 6. The van der Waals surface area contributed by atoms with E-state index in [1.54, 1.807) is 6.92 Å². The van der Waals surface area contributed by atoms with Crippen molar-refractivity contribution in [1.29, 1.82) is 0 Å². The molecule has 49 heavy (non-hydrogen) atoms. The van der Waals surface area contributed by atoms with Gasteiger partial charge in [0.25, 0.3) is 5.91 Å². The maximum atomic E-state index is 14.5. The fourth-order valence-corrected chi connectivity index (χ4v) is 7.30. The number of likely N-dealkylation sites (tertiary alicyclic amines) is 1. The van der Waals surface area contributed by atoms with Gasteiger partial charge in [-0.2, -0.15) is 0 Å². The second kappa shape index (κ2) is 16.6. The first-order valence-corrected chi connectivity index (χ1v) is 18.1. The Morgan fingerprint density at radius 2 is 1.55 bits per heavy atom. The largest absolute Gasteiger partial charge is 0.363 e. The first-order chi connectivity index (χ1) is 23.2. The normalized spacial score (nSPS) is 22.1. The summed E-state index contributed by atoms with van der Waals surface area (Å²) >= 11 is 0. The molecular formula is C37H56N6O6. The van der Waals surface area contributed by atoms with Crippen molar-refractivity contribution < 1.29 is 28.8 Å². The highest BCUT2D eigenvalue weighted by Crippen LogP contribution is 2.34. The molecular weight excluding hydrogens is 624 g/mol. The van der Waals surface area contributed by atoms with Gasteiger partial charge >= 0.3 is 6.03 Å². The average Bonchev–Trinajstić information content (AvgIpc) is 3.74. The Hall–Kier alpha value is -3.96. The van der Waals surface area contributed by atoms with Gasteiger partial charge in [-0.1, -0.05) is 90.1 Å². The Morgan fingerprint density at radius 1 is 0.898 bits per heavy atom. The van der Waals surface area contributed by atoms with Gasteiger partial charge in [-0.25, -0.2) is 4.79 Å². The maximum absolute atomic E-state index is 14.5. The molecule has 2 aliphatic carbocycles. The summed E-state index contributed by atoms with van der Waals surface area (Å²) in [6.07, 6.45) is 7.14. The van der Waals surface area contributed by atoms with Gasteiger partial charge in [-0.05, 0) is 67.8 Å². The number of Topliss-reactive ketones (excluding diaryl/α,β-unsaturated/α-hetero) is 1. The molecule has 0 spiro atoms. The number of hydrogen-bond donors (Lipinski definition) is 5. The minimum atomic E-state index is -1.43. The zero-order valence-electron chi connectivity index (χ0n) is 29.8. The molecule has 2 saturated carbocycles.